The molecule has 0 bridgehead atoms. The van der Waals surface area contributed by atoms with Crippen LogP contribution in [0.5, 0.6) is 0 Å². The molecule has 4 N–H and O–H groups in total. The van der Waals surface area contributed by atoms with Gasteiger partial charge in [0.1, 0.15) is 0 Å². The smallest absolute Gasteiger partial charge is 0.231 e. The molecule has 0 spiro atoms. The van der Waals surface area contributed by atoms with Gasteiger partial charge in [-0.25, -0.2) is 0 Å². The van der Waals surface area contributed by atoms with Crippen LogP contribution >= 0.6 is 0 Å². The predicted molar refractivity (Wildman–Crippen MR) is 70.2 cm³/mol. The number of amides is 1. The van der Waals surface area contributed by atoms with Gasteiger partial charge in [-0.2, -0.15) is 0 Å². The Morgan fingerprint density at radius 2 is 2.06 bits per heavy atom. The van der Waals surface area contributed by atoms with Crippen LogP contribution < -0.4 is 11.1 Å². The van der Waals surface area contributed by atoms with Crippen LogP contribution in [-0.4, -0.2) is 17.0 Å². The fourth-order valence-corrected chi connectivity index (χ4v) is 1.74. The summed E-state index contributed by atoms with van der Waals surface area (Å²) < 4.78 is 0. The number of rotatable bonds is 5. The predicted octanol–water partition coefficient (Wildman–Crippen LogP) is 1.64. The summed E-state index contributed by atoms with van der Waals surface area (Å²) in [6, 6.07) is 9.52. The molecule has 5 heteroatoms. The van der Waals surface area contributed by atoms with Crippen molar-refractivity contribution in [3.05, 3.63) is 35.9 Å². The Hall–Kier alpha value is -2.04. The first-order chi connectivity index (χ1) is 8.60. The van der Waals surface area contributed by atoms with Crippen LogP contribution in [0.1, 0.15) is 31.9 Å². The number of hydrogen-bond acceptors (Lipinski definition) is 3. The van der Waals surface area contributed by atoms with Gasteiger partial charge in [0.15, 0.2) is 5.84 Å². The van der Waals surface area contributed by atoms with Gasteiger partial charge in [0, 0.05) is 0 Å². The Morgan fingerprint density at radius 3 is 2.56 bits per heavy atom. The van der Waals surface area contributed by atoms with Crippen molar-refractivity contribution in [1.29, 1.82) is 0 Å². The minimum Gasteiger partial charge on any atom is -0.409 e. The van der Waals surface area contributed by atoms with Crippen molar-refractivity contribution >= 4 is 11.7 Å². The van der Waals surface area contributed by atoms with Gasteiger partial charge >= 0.3 is 0 Å². The minimum absolute atomic E-state index is 0.0599. The number of carbonyl (C=O) groups is 1. The highest BCUT2D eigenvalue weighted by Gasteiger charge is 2.22. The molecule has 1 amide bonds. The first-order valence-electron chi connectivity index (χ1n) is 5.92. The fraction of sp³-hybridized carbons (Fsp3) is 0.385. The number of carbonyl (C=O) groups excluding carboxylic acids is 1. The van der Waals surface area contributed by atoms with E-state index in [1.54, 1.807) is 0 Å². The third-order valence-electron chi connectivity index (χ3n) is 2.86. The number of hydrogen-bond donors (Lipinski definition) is 3. The van der Waals surface area contributed by atoms with Gasteiger partial charge in [0.2, 0.25) is 5.91 Å². The van der Waals surface area contributed by atoms with Crippen molar-refractivity contribution in [2.75, 3.05) is 0 Å². The maximum absolute atomic E-state index is 12.0. The normalized spacial score (nSPS) is 14.9. The average Bonchev–Trinajstić information content (AvgIpc) is 2.40. The number of nitrogens with zero attached hydrogens (tertiary/aromatic N) is 1. The Bertz CT molecular complexity index is 418. The maximum atomic E-state index is 12.0. The summed E-state index contributed by atoms with van der Waals surface area (Å²) in [7, 11) is 0. The molecule has 5 nitrogen and oxygen atoms in total. The first-order valence-corrected chi connectivity index (χ1v) is 5.92. The molecule has 0 aliphatic carbocycles. The van der Waals surface area contributed by atoms with Gasteiger partial charge in [0.05, 0.1) is 12.0 Å². The number of amidine groups is 1. The first kappa shape index (κ1) is 14.0. The third-order valence-corrected chi connectivity index (χ3v) is 2.86. The molecule has 0 aliphatic rings. The molecule has 18 heavy (non-hydrogen) atoms. The Labute approximate surface area is 107 Å². The number of nitrogens with two attached hydrogens (primary N) is 1. The molecular formula is C13H19N3O2. The summed E-state index contributed by atoms with van der Waals surface area (Å²) in [6.07, 6.45) is 0.489. The second-order valence-corrected chi connectivity index (χ2v) is 4.13. The van der Waals surface area contributed by atoms with E-state index in [2.05, 4.69) is 10.5 Å². The monoisotopic (exact) mass is 249 g/mol. The van der Waals surface area contributed by atoms with Crippen molar-refractivity contribution in [3.63, 3.8) is 0 Å². The van der Waals surface area contributed by atoms with Crippen LogP contribution in [0.25, 0.3) is 0 Å². The van der Waals surface area contributed by atoms with Crippen molar-refractivity contribution in [3.8, 4) is 0 Å². The van der Waals surface area contributed by atoms with Gasteiger partial charge in [-0.3, -0.25) is 4.79 Å². The molecule has 0 aliphatic heterocycles. The SMILES string of the molecule is CCC(C(=O)NC(C)c1ccccc1)/C(N)=N/O. The van der Waals surface area contributed by atoms with Crippen LogP contribution in [0.15, 0.2) is 35.5 Å². The molecule has 0 radical (unpaired) electrons. The standard InChI is InChI=1S/C13H19N3O2/c1-3-11(12(14)16-18)13(17)15-9(2)10-7-5-4-6-8-10/h4-9,11,18H,3H2,1-2H3,(H2,14,16)(H,15,17). The summed E-state index contributed by atoms with van der Waals surface area (Å²) in [4.78, 5) is 12.0. The fourth-order valence-electron chi connectivity index (χ4n) is 1.74. The van der Waals surface area contributed by atoms with Crippen LogP contribution in [0.2, 0.25) is 0 Å². The van der Waals surface area contributed by atoms with Crippen LogP contribution in [0, 0.1) is 5.92 Å². The molecule has 0 aromatic heterocycles. The van der Waals surface area contributed by atoms with Crippen LogP contribution in [-0.2, 0) is 4.79 Å². The Morgan fingerprint density at radius 1 is 1.44 bits per heavy atom. The second-order valence-electron chi connectivity index (χ2n) is 4.13. The molecule has 1 rings (SSSR count). The molecule has 1 aromatic rings. The molecule has 0 saturated heterocycles. The van der Waals surface area contributed by atoms with E-state index in [-0.39, 0.29) is 17.8 Å². The average molecular weight is 249 g/mol. The Kier molecular flexibility index (Phi) is 5.17. The third kappa shape index (κ3) is 3.48. The van der Waals surface area contributed by atoms with E-state index in [1.165, 1.54) is 0 Å². The van der Waals surface area contributed by atoms with Gasteiger partial charge in [-0.1, -0.05) is 42.4 Å². The molecule has 0 fully saturated rings. The van der Waals surface area contributed by atoms with E-state index in [0.29, 0.717) is 6.42 Å². The Balaban J connectivity index is 2.70. The number of nitrogens with one attached hydrogen (secondary N) is 1. The highest BCUT2D eigenvalue weighted by molar-refractivity contribution is 6.02. The van der Waals surface area contributed by atoms with E-state index < -0.39 is 5.92 Å². The number of benzene rings is 1. The highest BCUT2D eigenvalue weighted by Crippen LogP contribution is 2.13. The van der Waals surface area contributed by atoms with E-state index >= 15 is 0 Å². The molecule has 0 saturated carbocycles. The highest BCUT2D eigenvalue weighted by atomic mass is 16.4. The zero-order valence-corrected chi connectivity index (χ0v) is 10.6. The lowest BCUT2D eigenvalue weighted by atomic mass is 10.0. The molecule has 2 unspecified atom stereocenters. The van der Waals surface area contributed by atoms with Gasteiger partial charge in [-0.15, -0.1) is 0 Å². The molecule has 1 aromatic carbocycles. The molecule has 2 atom stereocenters. The van der Waals surface area contributed by atoms with Gasteiger partial charge < -0.3 is 16.3 Å². The van der Waals surface area contributed by atoms with Gasteiger partial charge in [0.25, 0.3) is 0 Å². The summed E-state index contributed by atoms with van der Waals surface area (Å²) >= 11 is 0. The lowest BCUT2D eigenvalue weighted by Gasteiger charge is -2.18. The zero-order chi connectivity index (χ0) is 13.5. The van der Waals surface area contributed by atoms with E-state index in [0.717, 1.165) is 5.56 Å². The summed E-state index contributed by atoms with van der Waals surface area (Å²) in [6.45, 7) is 3.71. The van der Waals surface area contributed by atoms with Crippen LogP contribution in [0.4, 0.5) is 0 Å². The van der Waals surface area contributed by atoms with Crippen molar-refractivity contribution in [1.82, 2.24) is 5.32 Å². The zero-order valence-electron chi connectivity index (χ0n) is 10.6. The largest absolute Gasteiger partial charge is 0.409 e. The topological polar surface area (TPSA) is 87.7 Å². The molecular weight excluding hydrogens is 230 g/mol. The van der Waals surface area contributed by atoms with Crippen LogP contribution in [0.3, 0.4) is 0 Å². The summed E-state index contributed by atoms with van der Waals surface area (Å²) in [5.74, 6) is -0.888. The lowest BCUT2D eigenvalue weighted by Crippen LogP contribution is -2.39. The van der Waals surface area contributed by atoms with Crippen molar-refractivity contribution in [2.24, 2.45) is 16.8 Å². The summed E-state index contributed by atoms with van der Waals surface area (Å²) in [5.41, 5.74) is 6.50. The van der Waals surface area contributed by atoms with Gasteiger partial charge in [-0.05, 0) is 18.9 Å². The molecule has 0 heterocycles. The van der Waals surface area contributed by atoms with E-state index in [9.17, 15) is 4.79 Å². The quantitative estimate of drug-likeness (QED) is 0.321. The van der Waals surface area contributed by atoms with Crippen molar-refractivity contribution in [2.45, 2.75) is 26.3 Å². The minimum atomic E-state index is -0.596. The second kappa shape index (κ2) is 6.64. The lowest BCUT2D eigenvalue weighted by molar-refractivity contribution is -0.123. The van der Waals surface area contributed by atoms with Crippen molar-refractivity contribution < 1.29 is 10.0 Å². The molecule has 98 valence electrons. The number of oxime groups is 1. The van der Waals surface area contributed by atoms with E-state index in [4.69, 9.17) is 10.9 Å². The van der Waals surface area contributed by atoms with E-state index in [1.807, 2.05) is 44.2 Å². The summed E-state index contributed by atoms with van der Waals surface area (Å²) in [5, 5.41) is 14.4. The maximum Gasteiger partial charge on any atom is 0.231 e.